The summed E-state index contributed by atoms with van der Waals surface area (Å²) < 4.78 is 0. The van der Waals surface area contributed by atoms with Crippen LogP contribution in [0.4, 0.5) is 0 Å². The fourth-order valence-corrected chi connectivity index (χ4v) is 7.60. The molecule has 0 amide bonds. The lowest BCUT2D eigenvalue weighted by atomic mass is 9.57. The van der Waals surface area contributed by atoms with E-state index in [0.717, 1.165) is 0 Å². The van der Waals surface area contributed by atoms with Crippen LogP contribution in [-0.4, -0.2) is 0 Å². The smallest absolute Gasteiger partial charge is 0.00976 e. The monoisotopic (exact) mass is 499 g/mol. The maximum Gasteiger partial charge on any atom is -0.00976 e. The molecule has 0 nitrogen and oxygen atoms in total. The molecule has 36 heavy (non-hydrogen) atoms. The van der Waals surface area contributed by atoms with Gasteiger partial charge in [0.2, 0.25) is 0 Å². The highest BCUT2D eigenvalue weighted by molar-refractivity contribution is 5.59. The van der Waals surface area contributed by atoms with Crippen LogP contribution in [-0.2, 0) is 27.1 Å². The zero-order valence-corrected chi connectivity index (χ0v) is 27.6. The van der Waals surface area contributed by atoms with Crippen molar-refractivity contribution in [2.24, 2.45) is 0 Å². The van der Waals surface area contributed by atoms with E-state index in [1.54, 1.807) is 27.8 Å². The molecule has 0 aromatic heterocycles. The summed E-state index contributed by atoms with van der Waals surface area (Å²) in [6.45, 7) is 37.3. The Hall–Kier alpha value is -0.780. The zero-order valence-electron chi connectivity index (χ0n) is 27.6. The molecule has 210 valence electrons. The van der Waals surface area contributed by atoms with Crippen molar-refractivity contribution in [2.75, 3.05) is 0 Å². The first-order valence-electron chi connectivity index (χ1n) is 15.6. The number of hydrogen-bond donors (Lipinski definition) is 0. The minimum absolute atomic E-state index is 0.144. The van der Waals surface area contributed by atoms with Crippen molar-refractivity contribution >= 4 is 0 Å². The Kier molecular flexibility index (Phi) is 11.4. The molecule has 0 heteroatoms. The summed E-state index contributed by atoms with van der Waals surface area (Å²) in [5.74, 6) is 0. The molecule has 1 aromatic rings. The second kappa shape index (κ2) is 12.4. The van der Waals surface area contributed by atoms with Crippen LogP contribution < -0.4 is 0 Å². The molecular formula is C36H66. The third-order valence-corrected chi connectivity index (χ3v) is 9.19. The number of hydrogen-bond acceptors (Lipinski definition) is 0. The van der Waals surface area contributed by atoms with Crippen LogP contribution in [0.1, 0.15) is 196 Å². The summed E-state index contributed by atoms with van der Waals surface area (Å²) in [4.78, 5) is 0. The lowest BCUT2D eigenvalue weighted by Crippen LogP contribution is -2.38. The van der Waals surface area contributed by atoms with E-state index in [1.165, 1.54) is 64.2 Å². The van der Waals surface area contributed by atoms with E-state index in [1.807, 2.05) is 0 Å². The molecule has 0 heterocycles. The first-order valence-corrected chi connectivity index (χ1v) is 15.6. The topological polar surface area (TPSA) is 0 Å². The average molecular weight is 499 g/mol. The Balaban J connectivity index is 4.62. The van der Waals surface area contributed by atoms with Crippen LogP contribution in [0.5, 0.6) is 0 Å². The minimum atomic E-state index is 0.144. The fraction of sp³-hybridized carbons (Fsp3) is 0.833. The normalized spacial score (nSPS) is 14.0. The molecule has 0 saturated heterocycles. The third-order valence-electron chi connectivity index (χ3n) is 9.19. The molecule has 0 unspecified atom stereocenters. The van der Waals surface area contributed by atoms with Crippen molar-refractivity contribution in [2.45, 2.75) is 195 Å². The molecule has 1 aromatic carbocycles. The largest absolute Gasteiger partial charge is 0.0654 e. The first-order chi connectivity index (χ1) is 16.4. The van der Waals surface area contributed by atoms with Gasteiger partial charge in [-0.15, -0.1) is 0 Å². The van der Waals surface area contributed by atoms with Gasteiger partial charge in [0.25, 0.3) is 0 Å². The molecule has 0 aliphatic heterocycles. The van der Waals surface area contributed by atoms with E-state index in [0.29, 0.717) is 0 Å². The minimum Gasteiger partial charge on any atom is -0.0654 e. The van der Waals surface area contributed by atoms with Gasteiger partial charge in [0.05, 0.1) is 0 Å². The molecule has 0 atom stereocenters. The second-order valence-electron chi connectivity index (χ2n) is 15.3. The van der Waals surface area contributed by atoms with Crippen LogP contribution in [0.3, 0.4) is 0 Å². The van der Waals surface area contributed by atoms with Crippen molar-refractivity contribution in [3.63, 3.8) is 0 Å². The van der Waals surface area contributed by atoms with Crippen molar-refractivity contribution < 1.29 is 0 Å². The van der Waals surface area contributed by atoms with Gasteiger partial charge in [-0.2, -0.15) is 0 Å². The van der Waals surface area contributed by atoms with E-state index in [2.05, 4.69) is 110 Å². The van der Waals surface area contributed by atoms with Gasteiger partial charge in [-0.3, -0.25) is 0 Å². The lowest BCUT2D eigenvalue weighted by Gasteiger charge is -2.47. The van der Waals surface area contributed by atoms with Crippen LogP contribution >= 0.6 is 0 Å². The van der Waals surface area contributed by atoms with Crippen LogP contribution in [0, 0.1) is 0 Å². The summed E-state index contributed by atoms with van der Waals surface area (Å²) in [5, 5.41) is 0. The summed E-state index contributed by atoms with van der Waals surface area (Å²) in [5.41, 5.74) is 9.21. The van der Waals surface area contributed by atoms with Crippen molar-refractivity contribution in [1.82, 2.24) is 0 Å². The SMILES string of the molecule is CCCC(C)(C)c1cc(C(C)(C)CCC)c(C(C)(C)CCC)c(C(C)(C)CCC)c1C(C)(C)CCC. The van der Waals surface area contributed by atoms with Crippen molar-refractivity contribution in [3.8, 4) is 0 Å². The van der Waals surface area contributed by atoms with Crippen molar-refractivity contribution in [3.05, 3.63) is 33.9 Å². The van der Waals surface area contributed by atoms with Gasteiger partial charge in [-0.25, -0.2) is 0 Å². The molecule has 1 rings (SSSR count). The molecule has 0 saturated carbocycles. The zero-order chi connectivity index (χ0) is 28.2. The average Bonchev–Trinajstić information content (AvgIpc) is 2.72. The van der Waals surface area contributed by atoms with E-state index in [-0.39, 0.29) is 27.1 Å². The number of rotatable bonds is 15. The first kappa shape index (κ1) is 33.2. The Labute approximate surface area is 228 Å². The van der Waals surface area contributed by atoms with Crippen molar-refractivity contribution in [1.29, 1.82) is 0 Å². The lowest BCUT2D eigenvalue weighted by molar-refractivity contribution is 0.372. The molecule has 0 spiro atoms. The molecule has 0 radical (unpaired) electrons. The summed E-state index contributed by atoms with van der Waals surface area (Å²) >= 11 is 0. The van der Waals surface area contributed by atoms with Gasteiger partial charge < -0.3 is 0 Å². The van der Waals surface area contributed by atoms with E-state index in [4.69, 9.17) is 0 Å². The third kappa shape index (κ3) is 7.20. The summed E-state index contributed by atoms with van der Waals surface area (Å²) in [6.07, 6.45) is 12.3. The standard InChI is InChI=1S/C36H66/c1-16-21-32(6,7)27-26-28(33(8,9)22-17-2)30(35(12,13)24-19-4)31(36(14,15)25-20-5)29(27)34(10,11)23-18-3/h26H,16-25H2,1-15H3. The highest BCUT2D eigenvalue weighted by Crippen LogP contribution is 2.53. The van der Waals surface area contributed by atoms with Gasteiger partial charge in [0.15, 0.2) is 0 Å². The predicted molar refractivity (Wildman–Crippen MR) is 166 cm³/mol. The molecule has 0 N–H and O–H groups in total. The van der Waals surface area contributed by atoms with Crippen LogP contribution in [0.15, 0.2) is 6.07 Å². The van der Waals surface area contributed by atoms with E-state index >= 15 is 0 Å². The van der Waals surface area contributed by atoms with Gasteiger partial charge in [-0.05, 0) is 87.0 Å². The molecule has 0 bridgehead atoms. The second-order valence-corrected chi connectivity index (χ2v) is 15.3. The maximum absolute atomic E-state index is 2.75. The highest BCUT2D eigenvalue weighted by Gasteiger charge is 2.43. The van der Waals surface area contributed by atoms with E-state index < -0.39 is 0 Å². The summed E-state index contributed by atoms with van der Waals surface area (Å²) in [6, 6.07) is 2.75. The Morgan fingerprint density at radius 2 is 0.583 bits per heavy atom. The van der Waals surface area contributed by atoms with Gasteiger partial charge in [0.1, 0.15) is 0 Å². The van der Waals surface area contributed by atoms with Gasteiger partial charge in [-0.1, -0.05) is 142 Å². The predicted octanol–water partition coefficient (Wildman–Crippen LogP) is 12.1. The number of benzene rings is 1. The Bertz CT molecular complexity index is 770. The summed E-state index contributed by atoms with van der Waals surface area (Å²) in [7, 11) is 0. The highest BCUT2D eigenvalue weighted by atomic mass is 14.5. The quantitative estimate of drug-likeness (QED) is 0.225. The maximum atomic E-state index is 2.75. The Morgan fingerprint density at radius 3 is 0.833 bits per heavy atom. The Morgan fingerprint density at radius 1 is 0.361 bits per heavy atom. The molecular weight excluding hydrogens is 432 g/mol. The van der Waals surface area contributed by atoms with Gasteiger partial charge in [0, 0.05) is 0 Å². The van der Waals surface area contributed by atoms with E-state index in [9.17, 15) is 0 Å². The molecule has 0 fully saturated rings. The fourth-order valence-electron chi connectivity index (χ4n) is 7.60. The molecule has 0 aliphatic carbocycles. The molecule has 0 aliphatic rings. The van der Waals surface area contributed by atoms with Crippen LogP contribution in [0.25, 0.3) is 0 Å². The van der Waals surface area contributed by atoms with Gasteiger partial charge >= 0.3 is 0 Å². The van der Waals surface area contributed by atoms with Crippen LogP contribution in [0.2, 0.25) is 0 Å².